The van der Waals surface area contributed by atoms with E-state index in [1.54, 1.807) is 7.05 Å². The highest BCUT2D eigenvalue weighted by molar-refractivity contribution is 7.89. The maximum absolute atomic E-state index is 12.3. The molecule has 110 valence electrons. The van der Waals surface area contributed by atoms with Crippen molar-refractivity contribution in [2.24, 2.45) is 18.7 Å². The van der Waals surface area contributed by atoms with Crippen LogP contribution in [0.2, 0.25) is 5.02 Å². The van der Waals surface area contributed by atoms with Crippen molar-refractivity contribution in [2.75, 3.05) is 6.54 Å². The van der Waals surface area contributed by atoms with E-state index in [0.717, 1.165) is 19.3 Å². The van der Waals surface area contributed by atoms with Gasteiger partial charge in [-0.25, -0.2) is 13.1 Å². The summed E-state index contributed by atoms with van der Waals surface area (Å²) in [5.74, 6) is 0.201. The Morgan fingerprint density at radius 2 is 2.26 bits per heavy atom. The molecule has 0 spiro atoms. The van der Waals surface area contributed by atoms with Crippen LogP contribution in [-0.4, -0.2) is 30.8 Å². The number of hydrogen-bond acceptors (Lipinski definition) is 4. The van der Waals surface area contributed by atoms with Crippen molar-refractivity contribution in [3.8, 4) is 0 Å². The summed E-state index contributed by atoms with van der Waals surface area (Å²) in [4.78, 5) is 0. The first-order chi connectivity index (χ1) is 8.45. The fraction of sp³-hybridized carbons (Fsp3) is 0.700. The third-order valence-corrected chi connectivity index (χ3v) is 5.36. The number of aromatic nitrogens is 2. The number of nitrogens with two attached hydrogens (primary N) is 1. The summed E-state index contributed by atoms with van der Waals surface area (Å²) in [7, 11) is -2.09. The van der Waals surface area contributed by atoms with Crippen LogP contribution in [0.4, 0.5) is 0 Å². The Labute approximate surface area is 124 Å². The summed E-state index contributed by atoms with van der Waals surface area (Å²) in [5, 5.41) is 3.98. The van der Waals surface area contributed by atoms with Gasteiger partial charge in [-0.2, -0.15) is 5.10 Å². The lowest BCUT2D eigenvalue weighted by atomic mass is 10.1. The van der Waals surface area contributed by atoms with E-state index >= 15 is 0 Å². The molecule has 1 aliphatic rings. The Kier molecular flexibility index (Phi) is 5.64. The zero-order valence-electron chi connectivity index (χ0n) is 10.5. The molecule has 1 aromatic rings. The van der Waals surface area contributed by atoms with Crippen molar-refractivity contribution in [3.63, 3.8) is 0 Å². The van der Waals surface area contributed by atoms with Gasteiger partial charge in [-0.15, -0.1) is 12.4 Å². The molecule has 1 heterocycles. The number of sulfonamides is 1. The number of rotatable bonds is 4. The average Bonchev–Trinajstić information content (AvgIpc) is 2.85. The van der Waals surface area contributed by atoms with E-state index in [0.29, 0.717) is 6.54 Å². The van der Waals surface area contributed by atoms with E-state index in [-0.39, 0.29) is 34.4 Å². The van der Waals surface area contributed by atoms with Crippen LogP contribution in [-0.2, 0) is 17.1 Å². The average molecular weight is 329 g/mol. The molecule has 1 fully saturated rings. The fourth-order valence-corrected chi connectivity index (χ4v) is 4.43. The minimum absolute atomic E-state index is 0. The van der Waals surface area contributed by atoms with Crippen molar-refractivity contribution in [1.82, 2.24) is 14.5 Å². The second-order valence-electron chi connectivity index (χ2n) is 4.58. The van der Waals surface area contributed by atoms with Gasteiger partial charge < -0.3 is 5.73 Å². The van der Waals surface area contributed by atoms with Gasteiger partial charge in [-0.05, 0) is 25.3 Å². The summed E-state index contributed by atoms with van der Waals surface area (Å²) in [6, 6.07) is -0.106. The monoisotopic (exact) mass is 328 g/mol. The molecule has 1 saturated carbocycles. The summed E-state index contributed by atoms with van der Waals surface area (Å²) >= 11 is 5.86. The molecular formula is C10H18Cl2N4O2S. The maximum Gasteiger partial charge on any atom is 0.259 e. The molecule has 1 aliphatic carbocycles. The quantitative estimate of drug-likeness (QED) is 0.859. The molecule has 0 bridgehead atoms. The molecular weight excluding hydrogens is 311 g/mol. The first-order valence-corrected chi connectivity index (χ1v) is 7.71. The van der Waals surface area contributed by atoms with Crippen molar-refractivity contribution >= 4 is 34.0 Å². The normalized spacial score (nSPS) is 23.3. The van der Waals surface area contributed by atoms with Gasteiger partial charge in [0, 0.05) is 13.1 Å². The van der Waals surface area contributed by atoms with Crippen molar-refractivity contribution in [1.29, 1.82) is 0 Å². The smallest absolute Gasteiger partial charge is 0.259 e. The molecule has 0 radical (unpaired) electrons. The predicted molar refractivity (Wildman–Crippen MR) is 76.0 cm³/mol. The number of halogens is 2. The van der Waals surface area contributed by atoms with Crippen molar-refractivity contribution < 1.29 is 8.42 Å². The highest BCUT2D eigenvalue weighted by atomic mass is 35.5. The Hall–Kier alpha value is -0.340. The van der Waals surface area contributed by atoms with Crippen LogP contribution >= 0.6 is 24.0 Å². The second-order valence-corrected chi connectivity index (χ2v) is 6.61. The van der Waals surface area contributed by atoms with Crippen LogP contribution in [0.1, 0.15) is 19.3 Å². The molecule has 2 rings (SSSR count). The van der Waals surface area contributed by atoms with E-state index in [1.165, 1.54) is 10.9 Å². The van der Waals surface area contributed by atoms with E-state index in [1.807, 2.05) is 0 Å². The highest BCUT2D eigenvalue weighted by Crippen LogP contribution is 2.27. The Morgan fingerprint density at radius 3 is 2.79 bits per heavy atom. The first-order valence-electron chi connectivity index (χ1n) is 5.85. The minimum Gasteiger partial charge on any atom is -0.330 e. The lowest BCUT2D eigenvalue weighted by Gasteiger charge is -2.19. The Bertz CT molecular complexity index is 512. The van der Waals surface area contributed by atoms with E-state index < -0.39 is 10.0 Å². The SMILES string of the molecule is Cl.Cn1ncc(Cl)c1S(=O)(=O)NC1CCCC1CN. The summed E-state index contributed by atoms with van der Waals surface area (Å²) in [6.07, 6.45) is 4.10. The molecule has 0 aromatic carbocycles. The third-order valence-electron chi connectivity index (χ3n) is 3.37. The number of nitrogens with one attached hydrogen (secondary N) is 1. The van der Waals surface area contributed by atoms with Crippen molar-refractivity contribution in [2.45, 2.75) is 30.3 Å². The highest BCUT2D eigenvalue weighted by Gasteiger charge is 2.32. The van der Waals surface area contributed by atoms with Crippen LogP contribution in [0, 0.1) is 5.92 Å². The lowest BCUT2D eigenvalue weighted by Crippen LogP contribution is -2.40. The molecule has 0 amide bonds. The number of nitrogens with zero attached hydrogens (tertiary/aromatic N) is 2. The Balaban J connectivity index is 0.00000180. The molecule has 3 N–H and O–H groups in total. The molecule has 2 atom stereocenters. The number of hydrogen-bond donors (Lipinski definition) is 2. The van der Waals surface area contributed by atoms with Gasteiger partial charge in [-0.1, -0.05) is 18.0 Å². The van der Waals surface area contributed by atoms with Gasteiger partial charge in [0.05, 0.1) is 11.2 Å². The summed E-state index contributed by atoms with van der Waals surface area (Å²) in [5.41, 5.74) is 5.64. The standard InChI is InChI=1S/C10H17ClN4O2S.ClH/c1-15-10(8(11)6-13-15)18(16,17)14-9-4-2-3-7(9)5-12;/h6-7,9,14H,2-5,12H2,1H3;1H. The van der Waals surface area contributed by atoms with E-state index in [2.05, 4.69) is 9.82 Å². The largest absolute Gasteiger partial charge is 0.330 e. The molecule has 9 heteroatoms. The fourth-order valence-electron chi connectivity index (χ4n) is 2.43. The zero-order valence-corrected chi connectivity index (χ0v) is 12.9. The minimum atomic E-state index is -3.64. The maximum atomic E-state index is 12.3. The topological polar surface area (TPSA) is 90.0 Å². The lowest BCUT2D eigenvalue weighted by molar-refractivity contribution is 0.450. The van der Waals surface area contributed by atoms with Crippen molar-refractivity contribution in [3.05, 3.63) is 11.2 Å². The molecule has 0 saturated heterocycles. The van der Waals surface area contributed by atoms with Gasteiger partial charge >= 0.3 is 0 Å². The van der Waals surface area contributed by atoms with Gasteiger partial charge in [0.1, 0.15) is 0 Å². The van der Waals surface area contributed by atoms with Gasteiger partial charge in [0.15, 0.2) is 5.03 Å². The molecule has 19 heavy (non-hydrogen) atoms. The Morgan fingerprint density at radius 1 is 1.58 bits per heavy atom. The number of aryl methyl sites for hydroxylation is 1. The van der Waals surface area contributed by atoms with Crippen LogP contribution in [0.5, 0.6) is 0 Å². The van der Waals surface area contributed by atoms with Crippen LogP contribution in [0.25, 0.3) is 0 Å². The first kappa shape index (κ1) is 16.7. The van der Waals surface area contributed by atoms with Crippen LogP contribution in [0.3, 0.4) is 0 Å². The zero-order chi connectivity index (χ0) is 13.3. The third kappa shape index (κ3) is 3.41. The molecule has 1 aromatic heterocycles. The predicted octanol–water partition coefficient (Wildman–Crippen LogP) is 0.901. The second kappa shape index (κ2) is 6.41. The molecule has 0 aliphatic heterocycles. The van der Waals surface area contributed by atoms with Crippen LogP contribution < -0.4 is 10.5 Å². The van der Waals surface area contributed by atoms with Crippen LogP contribution in [0.15, 0.2) is 11.2 Å². The molecule has 2 unspecified atom stereocenters. The van der Waals surface area contributed by atoms with Gasteiger partial charge in [-0.3, -0.25) is 4.68 Å². The van der Waals surface area contributed by atoms with Gasteiger partial charge in [0.25, 0.3) is 10.0 Å². The van der Waals surface area contributed by atoms with Gasteiger partial charge in [0.2, 0.25) is 0 Å². The summed E-state index contributed by atoms with van der Waals surface area (Å²) in [6.45, 7) is 0.492. The summed E-state index contributed by atoms with van der Waals surface area (Å²) < 4.78 is 28.5. The van der Waals surface area contributed by atoms with E-state index in [9.17, 15) is 8.42 Å². The molecule has 6 nitrogen and oxygen atoms in total. The van der Waals surface area contributed by atoms with E-state index in [4.69, 9.17) is 17.3 Å².